The normalized spacial score (nSPS) is 33.3. The number of rotatable bonds is 5. The summed E-state index contributed by atoms with van der Waals surface area (Å²) in [6.45, 7) is 11.2. The first kappa shape index (κ1) is 14.9. The zero-order valence-electron chi connectivity index (χ0n) is 13.9. The highest BCUT2D eigenvalue weighted by Crippen LogP contribution is 2.66. The number of benzene rings is 1. The maximum Gasteiger partial charge on any atom is 0.0643 e. The fourth-order valence-electron chi connectivity index (χ4n) is 4.54. The summed E-state index contributed by atoms with van der Waals surface area (Å²) in [7, 11) is 0. The second-order valence-electron chi connectivity index (χ2n) is 7.71. The highest BCUT2D eigenvalue weighted by Gasteiger charge is 2.61. The van der Waals surface area contributed by atoms with Gasteiger partial charge in [0.15, 0.2) is 0 Å². The first-order valence-corrected chi connectivity index (χ1v) is 8.36. The van der Waals surface area contributed by atoms with E-state index < -0.39 is 0 Å². The van der Waals surface area contributed by atoms with Gasteiger partial charge in [-0.05, 0) is 54.6 Å². The molecule has 2 aliphatic rings. The molecule has 0 aromatic heterocycles. The number of nitrogens with one attached hydrogen (secondary N) is 1. The fraction of sp³-hybridized carbons (Fsp3) is 0.684. The molecule has 1 aromatic carbocycles. The Labute approximate surface area is 129 Å². The Morgan fingerprint density at radius 2 is 2.00 bits per heavy atom. The van der Waals surface area contributed by atoms with Crippen LogP contribution >= 0.6 is 0 Å². The minimum Gasteiger partial charge on any atom is -0.383 e. The van der Waals surface area contributed by atoms with Gasteiger partial charge in [-0.1, -0.05) is 39.0 Å². The molecule has 3 rings (SSSR count). The van der Waals surface area contributed by atoms with Gasteiger partial charge >= 0.3 is 0 Å². The zero-order chi connectivity index (χ0) is 15.1. The van der Waals surface area contributed by atoms with Crippen LogP contribution in [0.3, 0.4) is 0 Å². The molecule has 2 fully saturated rings. The summed E-state index contributed by atoms with van der Waals surface area (Å²) in [6, 6.07) is 8.44. The van der Waals surface area contributed by atoms with Crippen LogP contribution in [0.5, 0.6) is 0 Å². The van der Waals surface area contributed by atoms with Gasteiger partial charge in [0.25, 0.3) is 0 Å². The highest BCUT2D eigenvalue weighted by atomic mass is 16.5. The van der Waals surface area contributed by atoms with Crippen LogP contribution < -0.4 is 5.32 Å². The first-order valence-electron chi connectivity index (χ1n) is 8.36. The second kappa shape index (κ2) is 5.31. The van der Waals surface area contributed by atoms with E-state index in [0.717, 1.165) is 19.1 Å². The third-order valence-corrected chi connectivity index (χ3v) is 6.60. The Morgan fingerprint density at radius 1 is 1.24 bits per heavy atom. The number of ether oxygens (including phenoxy) is 1. The number of hydrogen-bond donors (Lipinski definition) is 1. The summed E-state index contributed by atoms with van der Waals surface area (Å²) in [5, 5.41) is 3.49. The lowest BCUT2D eigenvalue weighted by molar-refractivity contribution is -0.0425. The zero-order valence-corrected chi connectivity index (χ0v) is 13.9. The molecule has 2 saturated carbocycles. The summed E-state index contributed by atoms with van der Waals surface area (Å²) in [5.74, 6) is 0.858. The number of aryl methyl sites for hydroxylation is 1. The van der Waals surface area contributed by atoms with E-state index in [2.05, 4.69) is 57.3 Å². The van der Waals surface area contributed by atoms with Crippen molar-refractivity contribution in [3.63, 3.8) is 0 Å². The van der Waals surface area contributed by atoms with E-state index in [1.54, 1.807) is 0 Å². The van der Waals surface area contributed by atoms with Gasteiger partial charge in [0, 0.05) is 12.2 Å². The summed E-state index contributed by atoms with van der Waals surface area (Å²) >= 11 is 0. The van der Waals surface area contributed by atoms with Crippen molar-refractivity contribution in [1.29, 1.82) is 0 Å². The SMILES string of the molecule is Cc1ccccc1NCCOC1CC2CCC1(C)C2(C)C. The van der Waals surface area contributed by atoms with E-state index in [1.165, 1.54) is 30.5 Å². The van der Waals surface area contributed by atoms with Crippen LogP contribution in [0.2, 0.25) is 0 Å². The lowest BCUT2D eigenvalue weighted by Crippen LogP contribution is -2.37. The summed E-state index contributed by atoms with van der Waals surface area (Å²) in [5.41, 5.74) is 3.34. The number of fused-ring (bicyclic) bond motifs is 2. The molecule has 0 aliphatic heterocycles. The molecule has 0 spiro atoms. The van der Waals surface area contributed by atoms with Crippen molar-refractivity contribution in [3.05, 3.63) is 29.8 Å². The molecular weight excluding hydrogens is 258 g/mol. The Morgan fingerprint density at radius 3 is 2.62 bits per heavy atom. The molecule has 2 bridgehead atoms. The van der Waals surface area contributed by atoms with Gasteiger partial charge in [-0.3, -0.25) is 0 Å². The largest absolute Gasteiger partial charge is 0.383 e. The van der Waals surface area contributed by atoms with Crippen molar-refractivity contribution < 1.29 is 4.74 Å². The van der Waals surface area contributed by atoms with Crippen LogP contribution in [0.1, 0.15) is 45.6 Å². The molecule has 0 saturated heterocycles. The van der Waals surface area contributed by atoms with Crippen LogP contribution in [0.15, 0.2) is 24.3 Å². The summed E-state index contributed by atoms with van der Waals surface area (Å²) in [4.78, 5) is 0. The second-order valence-corrected chi connectivity index (χ2v) is 7.71. The number of para-hydroxylation sites is 1. The van der Waals surface area contributed by atoms with Crippen molar-refractivity contribution in [2.75, 3.05) is 18.5 Å². The minimum atomic E-state index is 0.375. The molecule has 2 nitrogen and oxygen atoms in total. The fourth-order valence-corrected chi connectivity index (χ4v) is 4.54. The highest BCUT2D eigenvalue weighted by molar-refractivity contribution is 5.50. The molecule has 2 heteroatoms. The molecule has 1 aromatic rings. The Balaban J connectivity index is 1.50. The minimum absolute atomic E-state index is 0.375. The van der Waals surface area contributed by atoms with Crippen LogP contribution in [0.25, 0.3) is 0 Å². The third-order valence-electron chi connectivity index (χ3n) is 6.60. The van der Waals surface area contributed by atoms with Gasteiger partial charge < -0.3 is 10.1 Å². The van der Waals surface area contributed by atoms with E-state index in [-0.39, 0.29) is 0 Å². The molecule has 0 amide bonds. The number of anilines is 1. The third kappa shape index (κ3) is 2.38. The molecule has 1 N–H and O–H groups in total. The van der Waals surface area contributed by atoms with E-state index >= 15 is 0 Å². The predicted octanol–water partition coefficient (Wildman–Crippen LogP) is 4.64. The molecule has 0 radical (unpaired) electrons. The van der Waals surface area contributed by atoms with E-state index in [4.69, 9.17) is 4.74 Å². The molecule has 0 heterocycles. The van der Waals surface area contributed by atoms with Gasteiger partial charge in [0.1, 0.15) is 0 Å². The average Bonchev–Trinajstić information content (AvgIpc) is 2.78. The lowest BCUT2D eigenvalue weighted by atomic mass is 9.70. The summed E-state index contributed by atoms with van der Waals surface area (Å²) in [6.07, 6.45) is 4.43. The number of hydrogen-bond acceptors (Lipinski definition) is 2. The van der Waals surface area contributed by atoms with Crippen molar-refractivity contribution >= 4 is 5.69 Å². The Hall–Kier alpha value is -1.02. The quantitative estimate of drug-likeness (QED) is 0.797. The Bertz CT molecular complexity index is 510. The lowest BCUT2D eigenvalue weighted by Gasteiger charge is -2.39. The van der Waals surface area contributed by atoms with E-state index in [0.29, 0.717) is 16.9 Å². The van der Waals surface area contributed by atoms with Gasteiger partial charge in [-0.2, -0.15) is 0 Å². The van der Waals surface area contributed by atoms with E-state index in [1.807, 2.05) is 0 Å². The molecule has 3 unspecified atom stereocenters. The predicted molar refractivity (Wildman–Crippen MR) is 88.6 cm³/mol. The molecule has 116 valence electrons. The van der Waals surface area contributed by atoms with Gasteiger partial charge in [0.2, 0.25) is 0 Å². The molecular formula is C19H29NO. The smallest absolute Gasteiger partial charge is 0.0643 e. The summed E-state index contributed by atoms with van der Waals surface area (Å²) < 4.78 is 6.27. The van der Waals surface area contributed by atoms with Crippen LogP contribution in [0, 0.1) is 23.7 Å². The van der Waals surface area contributed by atoms with Crippen LogP contribution in [-0.2, 0) is 4.74 Å². The van der Waals surface area contributed by atoms with Gasteiger partial charge in [0.05, 0.1) is 12.7 Å². The average molecular weight is 287 g/mol. The van der Waals surface area contributed by atoms with Crippen LogP contribution in [-0.4, -0.2) is 19.3 Å². The first-order chi connectivity index (χ1) is 9.95. The molecule has 21 heavy (non-hydrogen) atoms. The molecule has 2 aliphatic carbocycles. The topological polar surface area (TPSA) is 21.3 Å². The van der Waals surface area contributed by atoms with Gasteiger partial charge in [-0.25, -0.2) is 0 Å². The van der Waals surface area contributed by atoms with Gasteiger partial charge in [-0.15, -0.1) is 0 Å². The van der Waals surface area contributed by atoms with Crippen molar-refractivity contribution in [2.45, 2.75) is 53.1 Å². The van der Waals surface area contributed by atoms with E-state index in [9.17, 15) is 0 Å². The maximum atomic E-state index is 6.27. The van der Waals surface area contributed by atoms with Crippen LogP contribution in [0.4, 0.5) is 5.69 Å². The Kier molecular flexibility index (Phi) is 3.77. The van der Waals surface area contributed by atoms with Crippen molar-refractivity contribution in [2.24, 2.45) is 16.7 Å². The monoisotopic (exact) mass is 287 g/mol. The standard InChI is InChI=1S/C19H29NO/c1-14-7-5-6-8-16(14)20-11-12-21-17-13-15-9-10-19(17,4)18(15,2)3/h5-8,15,17,20H,9-13H2,1-4H3. The van der Waals surface area contributed by atoms with Crippen molar-refractivity contribution in [3.8, 4) is 0 Å². The maximum absolute atomic E-state index is 6.27. The van der Waals surface area contributed by atoms with Crippen molar-refractivity contribution in [1.82, 2.24) is 0 Å². The molecule has 3 atom stereocenters.